The SMILES string of the molecule is C1=CCC(C(PCc2ccccc2)c2ccccc2)(C(PCc2ccccc2)c2ccccc2)C(c2ccccc2)=C1. The highest BCUT2D eigenvalue weighted by atomic mass is 31.1. The fourth-order valence-corrected chi connectivity index (χ4v) is 10.5. The van der Waals surface area contributed by atoms with Crippen LogP contribution in [0.4, 0.5) is 0 Å². The Labute approximate surface area is 255 Å². The minimum atomic E-state index is -0.0980. The normalized spacial score (nSPS) is 18.3. The summed E-state index contributed by atoms with van der Waals surface area (Å²) >= 11 is 0. The van der Waals surface area contributed by atoms with Crippen molar-refractivity contribution in [2.45, 2.75) is 30.1 Å². The zero-order valence-electron chi connectivity index (χ0n) is 23.9. The van der Waals surface area contributed by atoms with Crippen molar-refractivity contribution < 1.29 is 0 Å². The van der Waals surface area contributed by atoms with Crippen molar-refractivity contribution in [3.63, 3.8) is 0 Å². The summed E-state index contributed by atoms with van der Waals surface area (Å²) in [5, 5.41) is 0. The molecule has 4 atom stereocenters. The van der Waals surface area contributed by atoms with Crippen molar-refractivity contribution >= 4 is 22.7 Å². The molecule has 0 bridgehead atoms. The quantitative estimate of drug-likeness (QED) is 0.136. The predicted octanol–water partition coefficient (Wildman–Crippen LogP) is 11.3. The highest BCUT2D eigenvalue weighted by Gasteiger charge is 2.49. The van der Waals surface area contributed by atoms with E-state index in [0.717, 1.165) is 35.9 Å². The molecule has 0 saturated carbocycles. The van der Waals surface area contributed by atoms with Crippen LogP contribution in [0.15, 0.2) is 170 Å². The highest BCUT2D eigenvalue weighted by molar-refractivity contribution is 7.39. The molecule has 4 unspecified atom stereocenters. The number of benzene rings is 5. The molecule has 0 fully saturated rings. The van der Waals surface area contributed by atoms with Crippen molar-refractivity contribution in [3.05, 3.63) is 198 Å². The average Bonchev–Trinajstić information content (AvgIpc) is 3.07. The van der Waals surface area contributed by atoms with Gasteiger partial charge in [0.15, 0.2) is 0 Å². The molecule has 0 spiro atoms. The third-order valence-electron chi connectivity index (χ3n) is 8.44. The first-order chi connectivity index (χ1) is 20.8. The zero-order chi connectivity index (χ0) is 28.5. The Morgan fingerprint density at radius 3 is 1.36 bits per heavy atom. The lowest BCUT2D eigenvalue weighted by molar-refractivity contribution is 0.373. The second-order valence-corrected chi connectivity index (χ2v) is 13.7. The van der Waals surface area contributed by atoms with E-state index >= 15 is 0 Å². The summed E-state index contributed by atoms with van der Waals surface area (Å²) in [6.45, 7) is 0. The van der Waals surface area contributed by atoms with Crippen molar-refractivity contribution in [1.29, 1.82) is 0 Å². The summed E-state index contributed by atoms with van der Waals surface area (Å²) in [6.07, 6.45) is 10.4. The molecule has 0 aliphatic heterocycles. The van der Waals surface area contributed by atoms with Crippen LogP contribution in [0.3, 0.4) is 0 Å². The van der Waals surface area contributed by atoms with E-state index in [1.165, 1.54) is 33.4 Å². The molecule has 5 aromatic carbocycles. The van der Waals surface area contributed by atoms with Crippen molar-refractivity contribution in [2.24, 2.45) is 5.41 Å². The first-order valence-corrected chi connectivity index (χ1v) is 17.5. The maximum Gasteiger partial charge on any atom is 0.0205 e. The number of rotatable bonds is 11. The second-order valence-electron chi connectivity index (χ2n) is 11.0. The van der Waals surface area contributed by atoms with Crippen LogP contribution in [-0.4, -0.2) is 0 Å². The molecule has 0 aromatic heterocycles. The van der Waals surface area contributed by atoms with E-state index in [1.807, 2.05) is 0 Å². The molecule has 0 N–H and O–H groups in total. The van der Waals surface area contributed by atoms with Gasteiger partial charge in [-0.3, -0.25) is 0 Å². The minimum absolute atomic E-state index is 0.0980. The lowest BCUT2D eigenvalue weighted by atomic mass is 9.64. The van der Waals surface area contributed by atoms with Gasteiger partial charge < -0.3 is 0 Å². The fraction of sp³-hybridized carbons (Fsp3) is 0.150. The maximum absolute atomic E-state index is 2.44. The molecule has 1 aliphatic rings. The molecule has 0 amide bonds. The minimum Gasteiger partial charge on any atom is -0.109 e. The van der Waals surface area contributed by atoms with E-state index in [9.17, 15) is 0 Å². The molecule has 6 rings (SSSR count). The van der Waals surface area contributed by atoms with Gasteiger partial charge in [-0.25, -0.2) is 0 Å². The molecule has 0 radical (unpaired) electrons. The maximum atomic E-state index is 2.44. The predicted molar refractivity (Wildman–Crippen MR) is 186 cm³/mol. The van der Waals surface area contributed by atoms with Crippen molar-refractivity contribution in [2.75, 3.05) is 0 Å². The van der Waals surface area contributed by atoms with Gasteiger partial charge >= 0.3 is 0 Å². The van der Waals surface area contributed by atoms with Crippen LogP contribution in [0.25, 0.3) is 5.57 Å². The van der Waals surface area contributed by atoms with Gasteiger partial charge in [-0.15, -0.1) is 17.2 Å². The molecule has 2 heteroatoms. The Bertz CT molecular complexity index is 1490. The van der Waals surface area contributed by atoms with Gasteiger partial charge in [-0.2, -0.15) is 0 Å². The van der Waals surface area contributed by atoms with E-state index in [1.54, 1.807) is 0 Å². The summed E-state index contributed by atoms with van der Waals surface area (Å²) in [5.74, 6) is 0. The summed E-state index contributed by atoms with van der Waals surface area (Å²) in [4.78, 5) is 0. The lowest BCUT2D eigenvalue weighted by Crippen LogP contribution is -2.34. The van der Waals surface area contributed by atoms with Crippen LogP contribution in [0.1, 0.15) is 45.6 Å². The molecule has 5 aromatic rings. The third-order valence-corrected chi connectivity index (χ3v) is 12.2. The fourth-order valence-electron chi connectivity index (χ4n) is 6.51. The van der Waals surface area contributed by atoms with Crippen LogP contribution in [0, 0.1) is 5.41 Å². The van der Waals surface area contributed by atoms with Crippen LogP contribution in [0.5, 0.6) is 0 Å². The number of hydrogen-bond donors (Lipinski definition) is 0. The van der Waals surface area contributed by atoms with Gasteiger partial charge in [0.05, 0.1) is 0 Å². The first kappa shape index (κ1) is 28.6. The van der Waals surface area contributed by atoms with Crippen LogP contribution >= 0.6 is 17.2 Å². The molecule has 42 heavy (non-hydrogen) atoms. The van der Waals surface area contributed by atoms with Crippen LogP contribution in [-0.2, 0) is 12.3 Å². The zero-order valence-corrected chi connectivity index (χ0v) is 25.9. The topological polar surface area (TPSA) is 0 Å². The standard InChI is InChI=1S/C40H38P2/c1-6-18-32(19-7-1)30-41-38(35-24-12-4-13-25-35)40(29-17-16-28-37(40)34-22-10-3-11-23-34)39(36-26-14-5-15-27-36)42-31-33-20-8-2-9-21-33/h1-28,38-39,41-42H,29-31H2. The average molecular weight is 581 g/mol. The van der Waals surface area contributed by atoms with Crippen LogP contribution in [0.2, 0.25) is 0 Å². The molecular weight excluding hydrogens is 542 g/mol. The lowest BCUT2D eigenvalue weighted by Gasteiger charge is -2.50. The van der Waals surface area contributed by atoms with E-state index in [4.69, 9.17) is 0 Å². The Morgan fingerprint density at radius 2 is 0.905 bits per heavy atom. The molecule has 208 valence electrons. The summed E-state index contributed by atoms with van der Waals surface area (Å²) in [5.41, 5.74) is 9.21. The van der Waals surface area contributed by atoms with E-state index in [0.29, 0.717) is 11.3 Å². The van der Waals surface area contributed by atoms with Crippen LogP contribution < -0.4 is 0 Å². The molecule has 0 heterocycles. The first-order valence-electron chi connectivity index (χ1n) is 14.9. The molecule has 1 aliphatic carbocycles. The monoisotopic (exact) mass is 580 g/mol. The molecule has 0 nitrogen and oxygen atoms in total. The summed E-state index contributed by atoms with van der Waals surface area (Å²) in [7, 11) is 1.50. The third kappa shape index (κ3) is 6.42. The van der Waals surface area contributed by atoms with Gasteiger partial charge in [0.2, 0.25) is 0 Å². The number of allylic oxidation sites excluding steroid dienone is 4. The Balaban J connectivity index is 1.55. The van der Waals surface area contributed by atoms with Crippen molar-refractivity contribution in [1.82, 2.24) is 0 Å². The largest absolute Gasteiger partial charge is 0.109 e. The summed E-state index contributed by atoms with van der Waals surface area (Å²) < 4.78 is 0. The van der Waals surface area contributed by atoms with E-state index in [2.05, 4.69) is 170 Å². The van der Waals surface area contributed by atoms with Gasteiger partial charge in [0.25, 0.3) is 0 Å². The van der Waals surface area contributed by atoms with Gasteiger partial charge in [-0.05, 0) is 52.1 Å². The van der Waals surface area contributed by atoms with Gasteiger partial charge in [-0.1, -0.05) is 170 Å². The molecule has 0 saturated heterocycles. The highest BCUT2D eigenvalue weighted by Crippen LogP contribution is 2.68. The Hall–Kier alpha value is -3.56. The van der Waals surface area contributed by atoms with E-state index < -0.39 is 0 Å². The Morgan fingerprint density at radius 1 is 0.500 bits per heavy atom. The Kier molecular flexibility index (Phi) is 9.57. The summed E-state index contributed by atoms with van der Waals surface area (Å²) in [6, 6.07) is 56.1. The molecular formula is C40H38P2. The van der Waals surface area contributed by atoms with Crippen molar-refractivity contribution in [3.8, 4) is 0 Å². The van der Waals surface area contributed by atoms with E-state index in [-0.39, 0.29) is 5.41 Å². The van der Waals surface area contributed by atoms with Gasteiger partial charge in [0.1, 0.15) is 0 Å². The number of hydrogen-bond acceptors (Lipinski definition) is 0. The smallest absolute Gasteiger partial charge is 0.0205 e. The van der Waals surface area contributed by atoms with Gasteiger partial charge in [0, 0.05) is 16.7 Å². The second kappa shape index (κ2) is 14.1.